The number of rotatable bonds is 1. The standard InChI is InChI=1S/C10H17F2NO.C2H6/c1-7(2)9-4-5-13(8(3)14)6-10(9,11)12;1-2/h7,9H,4-6H2,1-3H3;1-2H3. The summed E-state index contributed by atoms with van der Waals surface area (Å²) in [6.07, 6.45) is 0.407. The SMILES string of the molecule is CC.CC(=O)N1CCC(C(C)C)C(F)(F)C1. The van der Waals surface area contributed by atoms with E-state index in [9.17, 15) is 13.6 Å². The molecule has 1 unspecified atom stereocenters. The maximum atomic E-state index is 13.5. The van der Waals surface area contributed by atoms with Crippen LogP contribution in [0.3, 0.4) is 0 Å². The Morgan fingerprint density at radius 2 is 1.88 bits per heavy atom. The third-order valence-corrected chi connectivity index (χ3v) is 2.90. The fourth-order valence-corrected chi connectivity index (χ4v) is 2.05. The molecule has 0 spiro atoms. The van der Waals surface area contributed by atoms with Gasteiger partial charge >= 0.3 is 0 Å². The summed E-state index contributed by atoms with van der Waals surface area (Å²) in [5.74, 6) is -3.60. The van der Waals surface area contributed by atoms with E-state index in [1.807, 2.05) is 27.7 Å². The summed E-state index contributed by atoms with van der Waals surface area (Å²) in [6.45, 7) is 9.01. The largest absolute Gasteiger partial charge is 0.337 e. The highest BCUT2D eigenvalue weighted by Crippen LogP contribution is 2.37. The maximum absolute atomic E-state index is 13.5. The fourth-order valence-electron chi connectivity index (χ4n) is 2.05. The van der Waals surface area contributed by atoms with Crippen molar-refractivity contribution in [3.05, 3.63) is 0 Å². The molecule has 0 aromatic carbocycles. The summed E-state index contributed by atoms with van der Waals surface area (Å²) < 4.78 is 27.1. The lowest BCUT2D eigenvalue weighted by Crippen LogP contribution is -2.51. The number of hydrogen-bond acceptors (Lipinski definition) is 1. The zero-order valence-corrected chi connectivity index (χ0v) is 10.9. The van der Waals surface area contributed by atoms with Crippen molar-refractivity contribution >= 4 is 5.91 Å². The van der Waals surface area contributed by atoms with Gasteiger partial charge in [0.15, 0.2) is 0 Å². The molecule has 1 amide bonds. The first-order valence-electron chi connectivity index (χ1n) is 5.98. The predicted molar refractivity (Wildman–Crippen MR) is 61.5 cm³/mol. The van der Waals surface area contributed by atoms with Crippen molar-refractivity contribution in [2.24, 2.45) is 11.8 Å². The Labute approximate surface area is 97.0 Å². The molecule has 1 aliphatic rings. The van der Waals surface area contributed by atoms with Crippen LogP contribution in [0.5, 0.6) is 0 Å². The van der Waals surface area contributed by atoms with Crippen molar-refractivity contribution in [1.82, 2.24) is 4.90 Å². The Balaban J connectivity index is 0.00000106. The number of hydrogen-bond donors (Lipinski definition) is 0. The average Bonchev–Trinajstić information content (AvgIpc) is 2.18. The molecule has 0 bridgehead atoms. The van der Waals surface area contributed by atoms with Crippen molar-refractivity contribution < 1.29 is 13.6 Å². The van der Waals surface area contributed by atoms with Crippen molar-refractivity contribution in [2.75, 3.05) is 13.1 Å². The molecule has 16 heavy (non-hydrogen) atoms. The summed E-state index contributed by atoms with van der Waals surface area (Å²) in [4.78, 5) is 12.2. The zero-order chi connectivity index (χ0) is 12.9. The molecule has 4 heteroatoms. The smallest absolute Gasteiger partial charge is 0.268 e. The topological polar surface area (TPSA) is 20.3 Å². The first-order chi connectivity index (χ1) is 7.34. The molecule has 0 saturated carbocycles. The first kappa shape index (κ1) is 15.3. The quantitative estimate of drug-likeness (QED) is 0.683. The molecule has 2 nitrogen and oxygen atoms in total. The summed E-state index contributed by atoms with van der Waals surface area (Å²) in [5.41, 5.74) is 0. The van der Waals surface area contributed by atoms with Gasteiger partial charge in [-0.1, -0.05) is 27.7 Å². The van der Waals surface area contributed by atoms with E-state index in [1.54, 1.807) is 0 Å². The molecular formula is C12H23F2NO. The van der Waals surface area contributed by atoms with E-state index in [0.717, 1.165) is 0 Å². The van der Waals surface area contributed by atoms with Gasteiger partial charge in [-0.15, -0.1) is 0 Å². The number of alkyl halides is 2. The van der Waals surface area contributed by atoms with E-state index in [2.05, 4.69) is 0 Å². The van der Waals surface area contributed by atoms with Crippen LogP contribution in [0.4, 0.5) is 8.78 Å². The van der Waals surface area contributed by atoms with Gasteiger partial charge in [-0.2, -0.15) is 0 Å². The van der Waals surface area contributed by atoms with Gasteiger partial charge < -0.3 is 4.90 Å². The first-order valence-corrected chi connectivity index (χ1v) is 5.98. The highest BCUT2D eigenvalue weighted by atomic mass is 19.3. The van der Waals surface area contributed by atoms with Crippen LogP contribution in [0.2, 0.25) is 0 Å². The predicted octanol–water partition coefficient (Wildman–Crippen LogP) is 3.17. The highest BCUT2D eigenvalue weighted by Gasteiger charge is 2.46. The molecule has 1 heterocycles. The number of amides is 1. The normalized spacial score (nSPS) is 23.8. The summed E-state index contributed by atoms with van der Waals surface area (Å²) >= 11 is 0. The highest BCUT2D eigenvalue weighted by molar-refractivity contribution is 5.73. The number of carbonyl (C=O) groups is 1. The van der Waals surface area contributed by atoms with Crippen LogP contribution in [0.1, 0.15) is 41.0 Å². The van der Waals surface area contributed by atoms with E-state index in [0.29, 0.717) is 13.0 Å². The third kappa shape index (κ3) is 3.72. The molecule has 96 valence electrons. The molecule has 1 aliphatic heterocycles. The Morgan fingerprint density at radius 1 is 1.38 bits per heavy atom. The Hall–Kier alpha value is -0.670. The lowest BCUT2D eigenvalue weighted by atomic mass is 9.83. The maximum Gasteiger partial charge on any atom is 0.268 e. The molecule has 1 rings (SSSR count). The van der Waals surface area contributed by atoms with Crippen LogP contribution in [0.25, 0.3) is 0 Å². The van der Waals surface area contributed by atoms with Gasteiger partial charge in [-0.25, -0.2) is 8.78 Å². The monoisotopic (exact) mass is 235 g/mol. The van der Waals surface area contributed by atoms with E-state index in [4.69, 9.17) is 0 Å². The Kier molecular flexibility index (Phi) is 5.90. The summed E-state index contributed by atoms with van der Waals surface area (Å²) in [7, 11) is 0. The van der Waals surface area contributed by atoms with Gasteiger partial charge in [0.25, 0.3) is 5.92 Å². The van der Waals surface area contributed by atoms with Crippen LogP contribution >= 0.6 is 0 Å². The van der Waals surface area contributed by atoms with Gasteiger partial charge in [0.1, 0.15) is 0 Å². The molecule has 0 radical (unpaired) electrons. The minimum atomic E-state index is -2.72. The molecule has 1 atom stereocenters. The van der Waals surface area contributed by atoms with Crippen molar-refractivity contribution in [3.63, 3.8) is 0 Å². The Bertz CT molecular complexity index is 229. The zero-order valence-electron chi connectivity index (χ0n) is 10.9. The average molecular weight is 235 g/mol. The van der Waals surface area contributed by atoms with Crippen LogP contribution in [-0.4, -0.2) is 29.8 Å². The number of likely N-dealkylation sites (tertiary alicyclic amines) is 1. The molecule has 1 fully saturated rings. The van der Waals surface area contributed by atoms with Crippen LogP contribution in [-0.2, 0) is 4.79 Å². The second-order valence-electron chi connectivity index (χ2n) is 4.34. The van der Waals surface area contributed by atoms with Crippen LogP contribution < -0.4 is 0 Å². The second kappa shape index (κ2) is 6.16. The fraction of sp³-hybridized carbons (Fsp3) is 0.917. The molecule has 0 aromatic rings. The van der Waals surface area contributed by atoms with Crippen LogP contribution in [0.15, 0.2) is 0 Å². The van der Waals surface area contributed by atoms with Crippen molar-refractivity contribution in [2.45, 2.75) is 47.0 Å². The minimum Gasteiger partial charge on any atom is -0.337 e. The van der Waals surface area contributed by atoms with Gasteiger partial charge in [0.05, 0.1) is 6.54 Å². The van der Waals surface area contributed by atoms with Crippen LogP contribution in [0, 0.1) is 11.8 Å². The van der Waals surface area contributed by atoms with Gasteiger partial charge in [0, 0.05) is 19.4 Å². The van der Waals surface area contributed by atoms with E-state index in [-0.39, 0.29) is 11.8 Å². The van der Waals surface area contributed by atoms with Gasteiger partial charge in [0.2, 0.25) is 5.91 Å². The van der Waals surface area contributed by atoms with Gasteiger partial charge in [-0.05, 0) is 12.3 Å². The number of carbonyl (C=O) groups excluding carboxylic acids is 1. The molecule has 0 aliphatic carbocycles. The van der Waals surface area contributed by atoms with Crippen molar-refractivity contribution in [3.8, 4) is 0 Å². The third-order valence-electron chi connectivity index (χ3n) is 2.90. The molecule has 1 saturated heterocycles. The van der Waals surface area contributed by atoms with E-state index in [1.165, 1.54) is 11.8 Å². The lowest BCUT2D eigenvalue weighted by molar-refractivity contribution is -0.152. The lowest BCUT2D eigenvalue weighted by Gasteiger charge is -2.39. The molecular weight excluding hydrogens is 212 g/mol. The number of piperidine rings is 1. The number of nitrogens with zero attached hydrogens (tertiary/aromatic N) is 1. The van der Waals surface area contributed by atoms with Gasteiger partial charge in [-0.3, -0.25) is 4.79 Å². The molecule has 0 aromatic heterocycles. The Morgan fingerprint density at radius 3 is 2.19 bits per heavy atom. The van der Waals surface area contributed by atoms with E-state index < -0.39 is 18.4 Å². The van der Waals surface area contributed by atoms with E-state index >= 15 is 0 Å². The summed E-state index contributed by atoms with van der Waals surface area (Å²) in [5, 5.41) is 0. The second-order valence-corrected chi connectivity index (χ2v) is 4.34. The number of halogens is 2. The van der Waals surface area contributed by atoms with Crippen molar-refractivity contribution in [1.29, 1.82) is 0 Å². The molecule has 0 N–H and O–H groups in total. The minimum absolute atomic E-state index is 0.0286. The summed E-state index contributed by atoms with van der Waals surface area (Å²) in [6, 6.07) is 0.